The first-order chi connectivity index (χ1) is 18.4. The van der Waals surface area contributed by atoms with Crippen LogP contribution < -0.4 is 4.74 Å². The highest BCUT2D eigenvalue weighted by Gasteiger charge is 2.28. The van der Waals surface area contributed by atoms with Crippen molar-refractivity contribution in [2.75, 3.05) is 13.2 Å². The Morgan fingerprint density at radius 1 is 0.737 bits per heavy atom. The smallest absolute Gasteiger partial charge is 0.200 e. The van der Waals surface area contributed by atoms with E-state index in [-0.39, 0.29) is 41.8 Å². The van der Waals surface area contributed by atoms with Gasteiger partial charge in [-0.15, -0.1) is 0 Å². The molecule has 0 heterocycles. The van der Waals surface area contributed by atoms with Gasteiger partial charge in [-0.3, -0.25) is 0 Å². The average molecular weight is 533 g/mol. The Balaban J connectivity index is 1.32. The van der Waals surface area contributed by atoms with Crippen LogP contribution in [0.1, 0.15) is 107 Å². The zero-order chi connectivity index (χ0) is 27.1. The molecule has 0 atom stereocenters. The Morgan fingerprint density at radius 2 is 1.34 bits per heavy atom. The molecule has 2 saturated carbocycles. The fourth-order valence-electron chi connectivity index (χ4n) is 5.95. The van der Waals surface area contributed by atoms with Crippen molar-refractivity contribution in [1.29, 1.82) is 0 Å². The molecule has 0 amide bonds. The lowest BCUT2D eigenvalue weighted by molar-refractivity contribution is 0.0230. The second kappa shape index (κ2) is 13.6. The molecule has 2 fully saturated rings. The number of hydrogen-bond donors (Lipinski definition) is 0. The van der Waals surface area contributed by atoms with E-state index < -0.39 is 23.3 Å². The topological polar surface area (TPSA) is 18.5 Å². The molecule has 2 aliphatic rings. The van der Waals surface area contributed by atoms with E-state index in [1.54, 1.807) is 31.2 Å². The molecule has 208 valence electrons. The molecule has 0 spiro atoms. The third-order valence-corrected chi connectivity index (χ3v) is 8.24. The van der Waals surface area contributed by atoms with Gasteiger partial charge in [0.05, 0.1) is 12.7 Å². The summed E-state index contributed by atoms with van der Waals surface area (Å²) in [5.74, 6) is -3.20. The van der Waals surface area contributed by atoms with Crippen molar-refractivity contribution in [3.8, 4) is 5.75 Å². The van der Waals surface area contributed by atoms with E-state index in [1.165, 1.54) is 6.07 Å². The summed E-state index contributed by atoms with van der Waals surface area (Å²) in [7, 11) is 0. The molecule has 38 heavy (non-hydrogen) atoms. The van der Waals surface area contributed by atoms with Crippen molar-refractivity contribution in [1.82, 2.24) is 0 Å². The Labute approximate surface area is 224 Å². The van der Waals surface area contributed by atoms with E-state index in [0.717, 1.165) is 58.0 Å². The lowest BCUT2D eigenvalue weighted by Gasteiger charge is -2.29. The number of allylic oxidation sites excluding steroid dienone is 1. The summed E-state index contributed by atoms with van der Waals surface area (Å²) in [6.45, 7) is 4.91. The highest BCUT2D eigenvalue weighted by Crippen LogP contribution is 2.40. The molecule has 2 aliphatic carbocycles. The fourth-order valence-corrected chi connectivity index (χ4v) is 5.95. The Kier molecular flexibility index (Phi) is 10.3. The van der Waals surface area contributed by atoms with Crippen molar-refractivity contribution in [2.45, 2.75) is 96.0 Å². The molecule has 0 unspecified atom stereocenters. The normalized spacial score (nSPS) is 24.2. The number of unbranched alkanes of at least 4 members (excludes halogenated alkanes) is 1. The molecule has 2 aromatic rings. The summed E-state index contributed by atoms with van der Waals surface area (Å²) in [5, 5.41) is 0. The number of rotatable bonds is 10. The maximum atomic E-state index is 15.0. The number of hydrogen-bond acceptors (Lipinski definition) is 2. The second-order valence-electron chi connectivity index (χ2n) is 10.8. The molecule has 0 radical (unpaired) electrons. The second-order valence-corrected chi connectivity index (χ2v) is 10.8. The molecule has 6 heteroatoms. The van der Waals surface area contributed by atoms with Crippen molar-refractivity contribution in [3.05, 3.63) is 70.3 Å². The largest absolute Gasteiger partial charge is 0.491 e. The Hall–Kier alpha value is -2.34. The van der Waals surface area contributed by atoms with Crippen LogP contribution in [0.5, 0.6) is 5.75 Å². The fraction of sp³-hybridized carbons (Fsp3) is 0.562. The predicted octanol–water partition coefficient (Wildman–Crippen LogP) is 9.47. The third kappa shape index (κ3) is 6.80. The predicted molar refractivity (Wildman–Crippen MR) is 143 cm³/mol. The van der Waals surface area contributed by atoms with E-state index in [0.29, 0.717) is 24.0 Å². The molecule has 2 nitrogen and oxygen atoms in total. The van der Waals surface area contributed by atoms with Gasteiger partial charge in [0, 0.05) is 12.2 Å². The summed E-state index contributed by atoms with van der Waals surface area (Å²) in [4.78, 5) is 0. The van der Waals surface area contributed by atoms with Gasteiger partial charge in [0.1, 0.15) is 0 Å². The van der Waals surface area contributed by atoms with Gasteiger partial charge in [0.2, 0.25) is 5.82 Å². The highest BCUT2D eigenvalue weighted by atomic mass is 19.2. The lowest BCUT2D eigenvalue weighted by Crippen LogP contribution is -2.22. The molecule has 0 aliphatic heterocycles. The van der Waals surface area contributed by atoms with Gasteiger partial charge in [-0.05, 0) is 99.7 Å². The first-order valence-electron chi connectivity index (χ1n) is 14.3. The molecule has 2 aromatic carbocycles. The number of halogens is 4. The number of benzene rings is 2. The van der Waals surface area contributed by atoms with E-state index in [9.17, 15) is 13.2 Å². The summed E-state index contributed by atoms with van der Waals surface area (Å²) in [6.07, 6.45) is 12.3. The average Bonchev–Trinajstić information content (AvgIpc) is 2.93. The van der Waals surface area contributed by atoms with Crippen LogP contribution in [0, 0.1) is 29.2 Å². The lowest BCUT2D eigenvalue weighted by atomic mass is 9.78. The van der Waals surface area contributed by atoms with Crippen LogP contribution in [-0.4, -0.2) is 19.3 Å². The molecular formula is C32H40F4O2. The minimum Gasteiger partial charge on any atom is -0.491 e. The first-order valence-corrected chi connectivity index (χ1v) is 14.3. The van der Waals surface area contributed by atoms with Crippen LogP contribution in [0.4, 0.5) is 17.6 Å². The molecular weight excluding hydrogens is 492 g/mol. The van der Waals surface area contributed by atoms with Crippen LogP contribution in [0.3, 0.4) is 0 Å². The standard InChI is InChI=1S/C32H40F4O2/c1-3-5-20-38-25-15-12-23(13-16-25)26-17-14-24(29(33)30(26)34)11-8-21-6-9-22(10-7-21)27-18-19-28(37-4-2)32(36)31(27)35/h8,11,14,17-19,21-23,25H,3-7,9-10,12-13,15-16,20H2,1-2H3/b11-8+. The van der Waals surface area contributed by atoms with Crippen LogP contribution >= 0.6 is 0 Å². The SMILES string of the molecule is CCCCOC1CCC(c2ccc(/C=C/C3CCC(c4ccc(OCC)c(F)c4F)CC3)c(F)c2F)CC1. The van der Waals surface area contributed by atoms with Gasteiger partial charge in [0.25, 0.3) is 0 Å². The van der Waals surface area contributed by atoms with Gasteiger partial charge < -0.3 is 9.47 Å². The molecule has 0 N–H and O–H groups in total. The molecule has 4 rings (SSSR count). The van der Waals surface area contributed by atoms with Gasteiger partial charge in [-0.1, -0.05) is 43.7 Å². The zero-order valence-corrected chi connectivity index (χ0v) is 22.6. The van der Waals surface area contributed by atoms with E-state index in [2.05, 4.69) is 6.92 Å². The summed E-state index contributed by atoms with van der Waals surface area (Å²) in [5.41, 5.74) is 1.11. The Bertz CT molecular complexity index is 1080. The van der Waals surface area contributed by atoms with Crippen molar-refractivity contribution in [3.63, 3.8) is 0 Å². The summed E-state index contributed by atoms with van der Waals surface area (Å²) < 4.78 is 70.0. The summed E-state index contributed by atoms with van der Waals surface area (Å²) in [6, 6.07) is 6.53. The van der Waals surface area contributed by atoms with Gasteiger partial charge in [0.15, 0.2) is 23.2 Å². The molecule has 0 saturated heterocycles. The van der Waals surface area contributed by atoms with Crippen LogP contribution in [0.25, 0.3) is 6.08 Å². The van der Waals surface area contributed by atoms with Gasteiger partial charge in [-0.2, -0.15) is 4.39 Å². The molecule has 0 bridgehead atoms. The van der Waals surface area contributed by atoms with E-state index in [4.69, 9.17) is 9.47 Å². The third-order valence-electron chi connectivity index (χ3n) is 8.24. The first kappa shape index (κ1) is 28.7. The quantitative estimate of drug-likeness (QED) is 0.224. The minimum atomic E-state index is -0.930. The monoisotopic (exact) mass is 532 g/mol. The van der Waals surface area contributed by atoms with Crippen LogP contribution in [0.15, 0.2) is 30.3 Å². The van der Waals surface area contributed by atoms with Gasteiger partial charge in [-0.25, -0.2) is 13.2 Å². The maximum Gasteiger partial charge on any atom is 0.200 e. The minimum absolute atomic E-state index is 0.0247. The molecule has 0 aromatic heterocycles. The van der Waals surface area contributed by atoms with Crippen LogP contribution in [0.2, 0.25) is 0 Å². The van der Waals surface area contributed by atoms with Gasteiger partial charge >= 0.3 is 0 Å². The van der Waals surface area contributed by atoms with Crippen molar-refractivity contribution < 1.29 is 27.0 Å². The van der Waals surface area contributed by atoms with Crippen molar-refractivity contribution in [2.24, 2.45) is 5.92 Å². The summed E-state index contributed by atoms with van der Waals surface area (Å²) >= 11 is 0. The van der Waals surface area contributed by atoms with E-state index >= 15 is 4.39 Å². The van der Waals surface area contributed by atoms with Crippen LogP contribution in [-0.2, 0) is 4.74 Å². The van der Waals surface area contributed by atoms with E-state index in [1.807, 2.05) is 6.08 Å². The highest BCUT2D eigenvalue weighted by molar-refractivity contribution is 5.52. The maximum absolute atomic E-state index is 15.0. The zero-order valence-electron chi connectivity index (χ0n) is 22.6. The Morgan fingerprint density at radius 3 is 1.97 bits per heavy atom. The van der Waals surface area contributed by atoms with Crippen molar-refractivity contribution >= 4 is 6.08 Å². The number of ether oxygens (including phenoxy) is 2.